The first-order chi connectivity index (χ1) is 9.99. The van der Waals surface area contributed by atoms with Gasteiger partial charge in [0, 0.05) is 16.6 Å². The zero-order valence-corrected chi connectivity index (χ0v) is 12.4. The van der Waals surface area contributed by atoms with E-state index in [1.54, 1.807) is 24.3 Å². The number of carbonyl (C=O) groups is 1. The van der Waals surface area contributed by atoms with Crippen LogP contribution in [-0.4, -0.2) is 10.8 Å². The molecule has 108 valence electrons. The van der Waals surface area contributed by atoms with E-state index < -0.39 is 16.9 Å². The molecule has 0 aliphatic rings. The molecule has 0 fully saturated rings. The normalized spacial score (nSPS) is 11.7. The Labute approximate surface area is 129 Å². The SMILES string of the molecule is N[C@H](C(=O)Nc1ccc([N+](=O)[O-])cc1Br)c1ccccc1. The van der Waals surface area contributed by atoms with Crippen LogP contribution in [0, 0.1) is 10.1 Å². The van der Waals surface area contributed by atoms with Gasteiger partial charge < -0.3 is 11.1 Å². The van der Waals surface area contributed by atoms with Crippen LogP contribution in [-0.2, 0) is 4.79 Å². The zero-order chi connectivity index (χ0) is 15.4. The topological polar surface area (TPSA) is 98.3 Å². The van der Waals surface area contributed by atoms with Crippen LogP contribution in [0.25, 0.3) is 0 Å². The molecule has 0 aliphatic carbocycles. The smallest absolute Gasteiger partial charge is 0.270 e. The number of halogens is 1. The highest BCUT2D eigenvalue weighted by Crippen LogP contribution is 2.27. The van der Waals surface area contributed by atoms with Crippen LogP contribution in [0.4, 0.5) is 11.4 Å². The number of hydrogen-bond donors (Lipinski definition) is 2. The molecule has 2 aromatic rings. The summed E-state index contributed by atoms with van der Waals surface area (Å²) in [5.74, 6) is -0.393. The maximum Gasteiger partial charge on any atom is 0.270 e. The second-order valence-corrected chi connectivity index (χ2v) is 5.15. The van der Waals surface area contributed by atoms with Gasteiger partial charge in [0.2, 0.25) is 5.91 Å². The summed E-state index contributed by atoms with van der Waals surface area (Å²) in [7, 11) is 0. The summed E-state index contributed by atoms with van der Waals surface area (Å²) in [6.45, 7) is 0. The predicted octanol–water partition coefficient (Wildman–Crippen LogP) is 3.00. The van der Waals surface area contributed by atoms with E-state index in [2.05, 4.69) is 21.2 Å². The number of anilines is 1. The van der Waals surface area contributed by atoms with Crippen molar-refractivity contribution in [1.29, 1.82) is 0 Å². The van der Waals surface area contributed by atoms with Crippen LogP contribution < -0.4 is 11.1 Å². The zero-order valence-electron chi connectivity index (χ0n) is 10.8. The van der Waals surface area contributed by atoms with Gasteiger partial charge in [-0.15, -0.1) is 0 Å². The van der Waals surface area contributed by atoms with Gasteiger partial charge in [-0.25, -0.2) is 0 Å². The highest BCUT2D eigenvalue weighted by molar-refractivity contribution is 9.10. The summed E-state index contributed by atoms with van der Waals surface area (Å²) in [4.78, 5) is 22.2. The number of rotatable bonds is 4. The quantitative estimate of drug-likeness (QED) is 0.654. The van der Waals surface area contributed by atoms with Gasteiger partial charge in [-0.2, -0.15) is 0 Å². The van der Waals surface area contributed by atoms with Gasteiger partial charge in [-0.3, -0.25) is 14.9 Å². The largest absolute Gasteiger partial charge is 0.323 e. The van der Waals surface area contributed by atoms with Gasteiger partial charge in [-0.05, 0) is 27.6 Å². The van der Waals surface area contributed by atoms with Gasteiger partial charge in [0.25, 0.3) is 5.69 Å². The molecular weight excluding hydrogens is 338 g/mol. The second kappa shape index (κ2) is 6.47. The molecule has 0 unspecified atom stereocenters. The minimum atomic E-state index is -0.812. The summed E-state index contributed by atoms with van der Waals surface area (Å²) in [5, 5.41) is 13.3. The molecule has 0 aliphatic heterocycles. The molecule has 3 N–H and O–H groups in total. The number of nitrogens with two attached hydrogens (primary N) is 1. The molecule has 0 aromatic heterocycles. The molecule has 1 atom stereocenters. The molecule has 6 nitrogen and oxygen atoms in total. The van der Waals surface area contributed by atoms with Gasteiger partial charge in [0.05, 0.1) is 10.6 Å². The number of amides is 1. The fraction of sp³-hybridized carbons (Fsp3) is 0.0714. The molecular formula is C14H12BrN3O3. The summed E-state index contributed by atoms with van der Waals surface area (Å²) in [6.07, 6.45) is 0. The summed E-state index contributed by atoms with van der Waals surface area (Å²) in [6, 6.07) is 12.2. The number of hydrogen-bond acceptors (Lipinski definition) is 4. The minimum absolute atomic E-state index is 0.0627. The van der Waals surface area contributed by atoms with E-state index in [0.717, 1.165) is 0 Å². The standard InChI is InChI=1S/C14H12BrN3O3/c15-11-8-10(18(20)21)6-7-12(11)17-14(19)13(16)9-4-2-1-3-5-9/h1-8,13H,16H2,(H,17,19)/t13-/m0/s1. The van der Waals surface area contributed by atoms with Crippen LogP contribution in [0.15, 0.2) is 53.0 Å². The van der Waals surface area contributed by atoms with Crippen LogP contribution >= 0.6 is 15.9 Å². The Kier molecular flexibility index (Phi) is 4.66. The molecule has 0 spiro atoms. The van der Waals surface area contributed by atoms with Crippen molar-refractivity contribution in [3.8, 4) is 0 Å². The Hall–Kier alpha value is -2.25. The number of nitrogens with zero attached hydrogens (tertiary/aromatic N) is 1. The number of nitro groups is 1. The second-order valence-electron chi connectivity index (χ2n) is 4.30. The molecule has 0 saturated carbocycles. The maximum absolute atomic E-state index is 12.1. The number of nitrogens with one attached hydrogen (secondary N) is 1. The van der Waals surface area contributed by atoms with E-state index >= 15 is 0 Å². The number of carbonyl (C=O) groups excluding carboxylic acids is 1. The van der Waals surface area contributed by atoms with Crippen molar-refractivity contribution in [2.45, 2.75) is 6.04 Å². The summed E-state index contributed by atoms with van der Waals surface area (Å²) in [5.41, 5.74) is 6.93. The number of non-ortho nitro benzene ring substituents is 1. The monoisotopic (exact) mass is 349 g/mol. The lowest BCUT2D eigenvalue weighted by molar-refractivity contribution is -0.384. The van der Waals surface area contributed by atoms with E-state index in [9.17, 15) is 14.9 Å². The van der Waals surface area contributed by atoms with Crippen LogP contribution in [0.5, 0.6) is 0 Å². The van der Waals surface area contributed by atoms with Gasteiger partial charge in [-0.1, -0.05) is 30.3 Å². The fourth-order valence-corrected chi connectivity index (χ4v) is 2.21. The Morgan fingerprint density at radius 1 is 1.24 bits per heavy atom. The highest BCUT2D eigenvalue weighted by Gasteiger charge is 2.17. The molecule has 0 heterocycles. The van der Waals surface area contributed by atoms with Gasteiger partial charge in [0.1, 0.15) is 6.04 Å². The lowest BCUT2D eigenvalue weighted by Crippen LogP contribution is -2.27. The average Bonchev–Trinajstić information content (AvgIpc) is 2.49. The molecule has 0 radical (unpaired) electrons. The van der Waals surface area contributed by atoms with Crippen molar-refractivity contribution >= 4 is 33.2 Å². The molecule has 1 amide bonds. The van der Waals surface area contributed by atoms with Crippen molar-refractivity contribution in [1.82, 2.24) is 0 Å². The molecule has 0 bridgehead atoms. The first-order valence-electron chi connectivity index (χ1n) is 6.04. The Morgan fingerprint density at radius 2 is 1.90 bits per heavy atom. The third kappa shape index (κ3) is 3.65. The Balaban J connectivity index is 2.15. The van der Waals surface area contributed by atoms with Crippen molar-refractivity contribution in [2.24, 2.45) is 5.73 Å². The average molecular weight is 350 g/mol. The Morgan fingerprint density at radius 3 is 2.48 bits per heavy atom. The summed E-state index contributed by atoms with van der Waals surface area (Å²) >= 11 is 3.19. The van der Waals surface area contributed by atoms with Crippen LogP contribution in [0.3, 0.4) is 0 Å². The van der Waals surface area contributed by atoms with Crippen molar-refractivity contribution in [3.63, 3.8) is 0 Å². The number of nitro benzene ring substituents is 1. The number of benzene rings is 2. The molecule has 7 heteroatoms. The van der Waals surface area contributed by atoms with E-state index in [0.29, 0.717) is 15.7 Å². The predicted molar refractivity (Wildman–Crippen MR) is 82.8 cm³/mol. The lowest BCUT2D eigenvalue weighted by atomic mass is 10.1. The van der Waals surface area contributed by atoms with E-state index in [1.165, 1.54) is 18.2 Å². The van der Waals surface area contributed by atoms with E-state index in [-0.39, 0.29) is 5.69 Å². The first kappa shape index (κ1) is 15.1. The van der Waals surface area contributed by atoms with Crippen LogP contribution in [0.2, 0.25) is 0 Å². The Bertz CT molecular complexity index is 676. The van der Waals surface area contributed by atoms with Gasteiger partial charge in [0.15, 0.2) is 0 Å². The molecule has 0 saturated heterocycles. The molecule has 2 aromatic carbocycles. The molecule has 21 heavy (non-hydrogen) atoms. The van der Waals surface area contributed by atoms with E-state index in [1.807, 2.05) is 6.07 Å². The maximum atomic E-state index is 12.1. The van der Waals surface area contributed by atoms with Gasteiger partial charge >= 0.3 is 0 Å². The van der Waals surface area contributed by atoms with Crippen molar-refractivity contribution < 1.29 is 9.72 Å². The highest BCUT2D eigenvalue weighted by atomic mass is 79.9. The third-order valence-electron chi connectivity index (χ3n) is 2.86. The van der Waals surface area contributed by atoms with Crippen molar-refractivity contribution in [2.75, 3.05) is 5.32 Å². The van der Waals surface area contributed by atoms with Crippen molar-refractivity contribution in [3.05, 3.63) is 68.7 Å². The lowest BCUT2D eigenvalue weighted by Gasteiger charge is -2.13. The summed E-state index contributed by atoms with van der Waals surface area (Å²) < 4.78 is 0.422. The first-order valence-corrected chi connectivity index (χ1v) is 6.83. The fourth-order valence-electron chi connectivity index (χ4n) is 1.74. The molecule has 2 rings (SSSR count). The van der Waals surface area contributed by atoms with Crippen LogP contribution in [0.1, 0.15) is 11.6 Å². The van der Waals surface area contributed by atoms with E-state index in [4.69, 9.17) is 5.73 Å². The third-order valence-corrected chi connectivity index (χ3v) is 3.52. The minimum Gasteiger partial charge on any atom is -0.323 e.